The molecule has 2 aromatic heterocycles. The van der Waals surface area contributed by atoms with Crippen LogP contribution in [0.25, 0.3) is 0 Å². The molecule has 0 bridgehead atoms. The first-order chi connectivity index (χ1) is 8.91. The molecule has 0 saturated heterocycles. The zero-order valence-corrected chi connectivity index (χ0v) is 11.6. The number of aromatic nitrogens is 2. The van der Waals surface area contributed by atoms with Gasteiger partial charge in [0.05, 0.1) is 6.20 Å². The Morgan fingerprint density at radius 2 is 2.11 bits per heavy atom. The van der Waals surface area contributed by atoms with Gasteiger partial charge in [-0.1, -0.05) is 6.92 Å². The third kappa shape index (κ3) is 3.18. The van der Waals surface area contributed by atoms with E-state index in [1.165, 1.54) is 17.5 Å². The largest absolute Gasteiger partial charge is 0.433 e. The molecule has 0 amide bonds. The van der Waals surface area contributed by atoms with E-state index in [0.717, 1.165) is 15.1 Å². The minimum atomic E-state index is -4.35. The van der Waals surface area contributed by atoms with Crippen LogP contribution >= 0.6 is 11.3 Å². The summed E-state index contributed by atoms with van der Waals surface area (Å²) in [5.41, 5.74) is 0.720. The topological polar surface area (TPSA) is 17.8 Å². The molecule has 0 N–H and O–H groups in total. The lowest BCUT2D eigenvalue weighted by molar-refractivity contribution is -0.144. The molecule has 0 fully saturated rings. The molecular weight excluding hydrogens is 273 g/mol. The van der Waals surface area contributed by atoms with E-state index in [4.69, 9.17) is 0 Å². The quantitative estimate of drug-likeness (QED) is 0.821. The fourth-order valence-electron chi connectivity index (χ4n) is 2.03. The average molecular weight is 288 g/mol. The fraction of sp³-hybridized carbons (Fsp3) is 0.462. The Kier molecular flexibility index (Phi) is 3.99. The van der Waals surface area contributed by atoms with Crippen molar-refractivity contribution in [2.45, 2.75) is 39.4 Å². The summed E-state index contributed by atoms with van der Waals surface area (Å²) < 4.78 is 40.4. The van der Waals surface area contributed by atoms with Crippen molar-refractivity contribution in [3.05, 3.63) is 39.3 Å². The van der Waals surface area contributed by atoms with Crippen molar-refractivity contribution in [1.82, 2.24) is 9.78 Å². The second-order valence-electron chi connectivity index (χ2n) is 4.51. The lowest BCUT2D eigenvalue weighted by Gasteiger charge is -2.11. The van der Waals surface area contributed by atoms with Crippen molar-refractivity contribution in [3.8, 4) is 0 Å². The summed E-state index contributed by atoms with van der Waals surface area (Å²) in [5, 5.41) is 5.82. The highest BCUT2D eigenvalue weighted by Crippen LogP contribution is 2.33. The van der Waals surface area contributed by atoms with Crippen molar-refractivity contribution in [2.24, 2.45) is 0 Å². The molecule has 104 valence electrons. The number of aryl methyl sites for hydroxylation is 2. The van der Waals surface area contributed by atoms with Gasteiger partial charge in [-0.15, -0.1) is 11.3 Å². The minimum absolute atomic E-state index is 0.253. The predicted molar refractivity (Wildman–Crippen MR) is 69.4 cm³/mol. The first-order valence-electron chi connectivity index (χ1n) is 6.07. The maximum atomic E-state index is 13.1. The van der Waals surface area contributed by atoms with Gasteiger partial charge in [0.25, 0.3) is 0 Å². The molecule has 2 nitrogen and oxygen atoms in total. The van der Waals surface area contributed by atoms with E-state index in [0.29, 0.717) is 6.42 Å². The Morgan fingerprint density at radius 1 is 1.37 bits per heavy atom. The molecule has 0 saturated carbocycles. The Bertz CT molecular complexity index is 554. The molecule has 0 aliphatic heterocycles. The van der Waals surface area contributed by atoms with Gasteiger partial charge in [-0.05, 0) is 30.4 Å². The molecule has 0 spiro atoms. The molecule has 19 heavy (non-hydrogen) atoms. The van der Waals surface area contributed by atoms with Crippen LogP contribution in [0.1, 0.15) is 35.0 Å². The number of alkyl halides is 3. The van der Waals surface area contributed by atoms with Gasteiger partial charge in [-0.25, -0.2) is 0 Å². The highest BCUT2D eigenvalue weighted by molar-refractivity contribution is 7.10. The van der Waals surface area contributed by atoms with Gasteiger partial charge in [0.1, 0.15) is 5.69 Å². The number of thiophene rings is 1. The normalized spacial score (nSPS) is 12.1. The molecule has 2 heterocycles. The van der Waals surface area contributed by atoms with Crippen molar-refractivity contribution < 1.29 is 13.2 Å². The zero-order chi connectivity index (χ0) is 14.0. The molecule has 0 aromatic carbocycles. The molecule has 2 aromatic rings. The molecular formula is C13H15F3N2S. The number of rotatable bonds is 4. The third-order valence-corrected chi connectivity index (χ3v) is 3.82. The Hall–Kier alpha value is -1.30. The van der Waals surface area contributed by atoms with Crippen LogP contribution < -0.4 is 0 Å². The fourth-order valence-corrected chi connectivity index (χ4v) is 2.93. The summed E-state index contributed by atoms with van der Waals surface area (Å²) in [4.78, 5) is 0.930. The maximum Gasteiger partial charge on any atom is 0.433 e. The van der Waals surface area contributed by atoms with Crippen LogP contribution in [0.2, 0.25) is 0 Å². The van der Waals surface area contributed by atoms with E-state index in [1.54, 1.807) is 0 Å². The molecule has 0 atom stereocenters. The Balaban J connectivity index is 2.34. The molecule has 2 rings (SSSR count). The van der Waals surface area contributed by atoms with Gasteiger partial charge < -0.3 is 0 Å². The van der Waals surface area contributed by atoms with E-state index in [9.17, 15) is 13.2 Å². The highest BCUT2D eigenvalue weighted by Gasteiger charge is 2.37. The van der Waals surface area contributed by atoms with Crippen LogP contribution in [0.5, 0.6) is 0 Å². The van der Waals surface area contributed by atoms with Crippen LogP contribution in [-0.4, -0.2) is 9.78 Å². The van der Waals surface area contributed by atoms with E-state index < -0.39 is 11.9 Å². The summed E-state index contributed by atoms with van der Waals surface area (Å²) in [6.45, 7) is 4.06. The predicted octanol–water partition coefficient (Wildman–Crippen LogP) is 4.27. The van der Waals surface area contributed by atoms with E-state index in [-0.39, 0.29) is 18.5 Å². The number of hydrogen-bond donors (Lipinski definition) is 0. The lowest BCUT2D eigenvalue weighted by Crippen LogP contribution is -2.16. The summed E-state index contributed by atoms with van der Waals surface area (Å²) in [5.74, 6) is 0. The Morgan fingerprint density at radius 3 is 2.63 bits per heavy atom. The van der Waals surface area contributed by atoms with E-state index in [2.05, 4.69) is 5.10 Å². The Labute approximate surface area is 113 Å². The maximum absolute atomic E-state index is 13.1. The lowest BCUT2D eigenvalue weighted by atomic mass is 10.1. The summed E-state index contributed by atoms with van der Waals surface area (Å²) in [6, 6.07) is 1.92. The standard InChI is InChI=1S/C13H15F3N2S/c1-3-4-18-12(13(14,15)16)10(7-17-18)6-11-5-9(2)8-19-11/h5,7-8H,3-4,6H2,1-2H3. The van der Waals surface area contributed by atoms with Crippen LogP contribution in [0.4, 0.5) is 13.2 Å². The molecule has 0 aliphatic carbocycles. The smallest absolute Gasteiger partial charge is 0.260 e. The van der Waals surface area contributed by atoms with Crippen molar-refractivity contribution in [1.29, 1.82) is 0 Å². The first-order valence-corrected chi connectivity index (χ1v) is 6.95. The van der Waals surface area contributed by atoms with Gasteiger partial charge in [0, 0.05) is 23.4 Å². The first kappa shape index (κ1) is 14.1. The summed E-state index contributed by atoms with van der Waals surface area (Å²) in [7, 11) is 0. The van der Waals surface area contributed by atoms with Crippen LogP contribution in [0.15, 0.2) is 17.6 Å². The van der Waals surface area contributed by atoms with Gasteiger partial charge >= 0.3 is 6.18 Å². The van der Waals surface area contributed by atoms with Gasteiger partial charge in [-0.2, -0.15) is 18.3 Å². The number of hydrogen-bond acceptors (Lipinski definition) is 2. The minimum Gasteiger partial charge on any atom is -0.260 e. The van der Waals surface area contributed by atoms with Gasteiger partial charge in [0.15, 0.2) is 0 Å². The molecule has 0 radical (unpaired) electrons. The zero-order valence-electron chi connectivity index (χ0n) is 10.8. The average Bonchev–Trinajstić information content (AvgIpc) is 2.86. The molecule has 6 heteroatoms. The van der Waals surface area contributed by atoms with E-state index in [1.807, 2.05) is 25.3 Å². The number of nitrogens with zero attached hydrogens (tertiary/aromatic N) is 2. The van der Waals surface area contributed by atoms with Crippen LogP contribution in [0, 0.1) is 6.92 Å². The number of halogens is 3. The molecule has 0 unspecified atom stereocenters. The molecule has 0 aliphatic rings. The highest BCUT2D eigenvalue weighted by atomic mass is 32.1. The SMILES string of the molecule is CCCn1ncc(Cc2cc(C)cs2)c1C(F)(F)F. The summed E-state index contributed by atoms with van der Waals surface area (Å²) >= 11 is 1.48. The summed E-state index contributed by atoms with van der Waals surface area (Å²) in [6.07, 6.45) is -2.10. The second kappa shape index (κ2) is 5.36. The second-order valence-corrected chi connectivity index (χ2v) is 5.50. The third-order valence-electron chi connectivity index (χ3n) is 2.77. The van der Waals surface area contributed by atoms with Crippen LogP contribution in [-0.2, 0) is 19.1 Å². The van der Waals surface area contributed by atoms with Gasteiger partial charge in [0.2, 0.25) is 0 Å². The van der Waals surface area contributed by atoms with Gasteiger partial charge in [-0.3, -0.25) is 4.68 Å². The van der Waals surface area contributed by atoms with Crippen LogP contribution in [0.3, 0.4) is 0 Å². The monoisotopic (exact) mass is 288 g/mol. The van der Waals surface area contributed by atoms with Crippen molar-refractivity contribution in [2.75, 3.05) is 0 Å². The van der Waals surface area contributed by atoms with Crippen molar-refractivity contribution in [3.63, 3.8) is 0 Å². The van der Waals surface area contributed by atoms with Crippen molar-refractivity contribution >= 4 is 11.3 Å². The van der Waals surface area contributed by atoms with E-state index >= 15 is 0 Å².